The standard InChI is InChI=1S/C9H7ClF2O/c1-5(4-13)8-7(11)3-2-6(10)9(8)12/h2-5H,1H3. The van der Waals surface area contributed by atoms with Gasteiger partial charge in [-0.2, -0.15) is 0 Å². The highest BCUT2D eigenvalue weighted by Gasteiger charge is 2.17. The number of carbonyl (C=O) groups excluding carboxylic acids is 1. The summed E-state index contributed by atoms with van der Waals surface area (Å²) in [7, 11) is 0. The number of hydrogen-bond acceptors (Lipinski definition) is 1. The molecule has 4 heteroatoms. The van der Waals surface area contributed by atoms with E-state index in [4.69, 9.17) is 11.6 Å². The Balaban J connectivity index is 3.32. The average Bonchev–Trinajstić information content (AvgIpc) is 2.12. The van der Waals surface area contributed by atoms with Crippen LogP contribution in [0.15, 0.2) is 12.1 Å². The molecule has 0 heterocycles. The van der Waals surface area contributed by atoms with E-state index in [2.05, 4.69) is 0 Å². The smallest absolute Gasteiger partial charge is 0.148 e. The second-order valence-corrected chi connectivity index (χ2v) is 3.09. The van der Waals surface area contributed by atoms with Gasteiger partial charge in [0.15, 0.2) is 0 Å². The molecule has 0 aliphatic heterocycles. The second-order valence-electron chi connectivity index (χ2n) is 2.68. The summed E-state index contributed by atoms with van der Waals surface area (Å²) < 4.78 is 26.2. The quantitative estimate of drug-likeness (QED) is 0.535. The molecule has 70 valence electrons. The van der Waals surface area contributed by atoms with Gasteiger partial charge in [0.1, 0.15) is 17.9 Å². The maximum absolute atomic E-state index is 13.2. The first-order valence-corrected chi connectivity index (χ1v) is 4.04. The summed E-state index contributed by atoms with van der Waals surface area (Å²) >= 11 is 5.43. The highest BCUT2D eigenvalue weighted by molar-refractivity contribution is 6.30. The molecule has 1 aromatic carbocycles. The van der Waals surface area contributed by atoms with Gasteiger partial charge in [-0.1, -0.05) is 18.5 Å². The highest BCUT2D eigenvalue weighted by atomic mass is 35.5. The maximum atomic E-state index is 13.2. The molecule has 0 aromatic heterocycles. The van der Waals surface area contributed by atoms with Gasteiger partial charge in [0.25, 0.3) is 0 Å². The van der Waals surface area contributed by atoms with E-state index in [1.165, 1.54) is 6.92 Å². The van der Waals surface area contributed by atoms with E-state index in [9.17, 15) is 13.6 Å². The van der Waals surface area contributed by atoms with E-state index in [0.717, 1.165) is 12.1 Å². The van der Waals surface area contributed by atoms with Gasteiger partial charge in [-0.3, -0.25) is 0 Å². The summed E-state index contributed by atoms with van der Waals surface area (Å²) in [4.78, 5) is 10.3. The van der Waals surface area contributed by atoms with Gasteiger partial charge in [-0.05, 0) is 12.1 Å². The van der Waals surface area contributed by atoms with E-state index in [0.29, 0.717) is 6.29 Å². The zero-order chi connectivity index (χ0) is 10.0. The third kappa shape index (κ3) is 1.86. The fraction of sp³-hybridized carbons (Fsp3) is 0.222. The van der Waals surface area contributed by atoms with Crippen LogP contribution in [0.25, 0.3) is 0 Å². The molecule has 0 fully saturated rings. The third-order valence-electron chi connectivity index (χ3n) is 1.74. The van der Waals surface area contributed by atoms with Gasteiger partial charge in [-0.15, -0.1) is 0 Å². The molecule has 1 aromatic rings. The second kappa shape index (κ2) is 3.83. The number of rotatable bonds is 2. The lowest BCUT2D eigenvalue weighted by Crippen LogP contribution is -2.02. The van der Waals surface area contributed by atoms with Crippen LogP contribution in [0, 0.1) is 11.6 Å². The van der Waals surface area contributed by atoms with Crippen LogP contribution in [0.2, 0.25) is 5.02 Å². The maximum Gasteiger partial charge on any atom is 0.148 e. The number of halogens is 3. The van der Waals surface area contributed by atoms with Crippen molar-refractivity contribution >= 4 is 17.9 Å². The average molecular weight is 205 g/mol. The lowest BCUT2D eigenvalue weighted by Gasteiger charge is -2.07. The molecular formula is C9H7ClF2O. The van der Waals surface area contributed by atoms with Gasteiger partial charge < -0.3 is 4.79 Å². The van der Waals surface area contributed by atoms with Crippen LogP contribution in [0.3, 0.4) is 0 Å². The molecular weight excluding hydrogens is 198 g/mol. The molecule has 1 unspecified atom stereocenters. The zero-order valence-corrected chi connectivity index (χ0v) is 7.61. The van der Waals surface area contributed by atoms with E-state index >= 15 is 0 Å². The first kappa shape index (κ1) is 10.1. The molecule has 0 bridgehead atoms. The zero-order valence-electron chi connectivity index (χ0n) is 6.85. The monoisotopic (exact) mass is 204 g/mol. The Morgan fingerprint density at radius 3 is 2.62 bits per heavy atom. The lowest BCUT2D eigenvalue weighted by molar-refractivity contribution is -0.108. The van der Waals surface area contributed by atoms with Gasteiger partial charge in [0.05, 0.1) is 5.02 Å². The molecule has 13 heavy (non-hydrogen) atoms. The van der Waals surface area contributed by atoms with E-state index in [1.807, 2.05) is 0 Å². The largest absolute Gasteiger partial charge is 0.303 e. The lowest BCUT2D eigenvalue weighted by atomic mass is 10.0. The molecule has 1 rings (SSSR count). The summed E-state index contributed by atoms with van der Waals surface area (Å²) in [5.74, 6) is -2.43. The minimum atomic E-state index is -0.860. The van der Waals surface area contributed by atoms with Crippen LogP contribution in [0.5, 0.6) is 0 Å². The van der Waals surface area contributed by atoms with Crippen molar-refractivity contribution in [3.8, 4) is 0 Å². The van der Waals surface area contributed by atoms with Crippen molar-refractivity contribution in [1.82, 2.24) is 0 Å². The predicted octanol–water partition coefficient (Wildman–Crippen LogP) is 2.92. The molecule has 0 aliphatic rings. The predicted molar refractivity (Wildman–Crippen MR) is 45.8 cm³/mol. The van der Waals surface area contributed by atoms with Crippen LogP contribution < -0.4 is 0 Å². The molecule has 0 saturated heterocycles. The minimum absolute atomic E-state index is 0.176. The van der Waals surface area contributed by atoms with Crippen molar-refractivity contribution in [2.75, 3.05) is 0 Å². The van der Waals surface area contributed by atoms with E-state index < -0.39 is 17.6 Å². The van der Waals surface area contributed by atoms with Crippen molar-refractivity contribution in [3.63, 3.8) is 0 Å². The fourth-order valence-corrected chi connectivity index (χ4v) is 1.19. The fourth-order valence-electron chi connectivity index (χ4n) is 1.03. The highest BCUT2D eigenvalue weighted by Crippen LogP contribution is 2.26. The molecule has 0 amide bonds. The molecule has 0 spiro atoms. The van der Waals surface area contributed by atoms with Gasteiger partial charge in [0.2, 0.25) is 0 Å². The number of carbonyl (C=O) groups is 1. The van der Waals surface area contributed by atoms with Crippen molar-refractivity contribution in [1.29, 1.82) is 0 Å². The van der Waals surface area contributed by atoms with Gasteiger partial charge in [0, 0.05) is 11.5 Å². The molecule has 0 radical (unpaired) electrons. The van der Waals surface area contributed by atoms with Crippen molar-refractivity contribution < 1.29 is 13.6 Å². The summed E-state index contributed by atoms with van der Waals surface area (Å²) in [6.07, 6.45) is 0.470. The van der Waals surface area contributed by atoms with Crippen molar-refractivity contribution in [2.24, 2.45) is 0 Å². The van der Waals surface area contributed by atoms with E-state index in [-0.39, 0.29) is 10.6 Å². The Morgan fingerprint density at radius 1 is 1.46 bits per heavy atom. The van der Waals surface area contributed by atoms with Gasteiger partial charge >= 0.3 is 0 Å². The van der Waals surface area contributed by atoms with Crippen LogP contribution >= 0.6 is 11.6 Å². The Labute approximate surface area is 79.3 Å². The van der Waals surface area contributed by atoms with Crippen LogP contribution in [-0.2, 0) is 4.79 Å². The summed E-state index contributed by atoms with van der Waals surface area (Å²) in [6, 6.07) is 2.16. The number of aldehydes is 1. The topological polar surface area (TPSA) is 17.1 Å². The summed E-state index contributed by atoms with van der Waals surface area (Å²) in [5, 5.41) is -0.176. The number of hydrogen-bond donors (Lipinski definition) is 0. The SMILES string of the molecule is CC(C=O)c1c(F)ccc(Cl)c1F. The normalized spacial score (nSPS) is 12.6. The van der Waals surface area contributed by atoms with Crippen molar-refractivity contribution in [2.45, 2.75) is 12.8 Å². The molecule has 0 aliphatic carbocycles. The molecule has 0 saturated carbocycles. The Hall–Kier alpha value is -0.960. The Kier molecular flexibility index (Phi) is 2.98. The van der Waals surface area contributed by atoms with Crippen LogP contribution in [-0.4, -0.2) is 6.29 Å². The van der Waals surface area contributed by atoms with Crippen LogP contribution in [0.4, 0.5) is 8.78 Å². The first-order chi connectivity index (χ1) is 6.07. The van der Waals surface area contributed by atoms with Gasteiger partial charge in [-0.25, -0.2) is 8.78 Å². The molecule has 0 N–H and O–H groups in total. The summed E-state index contributed by atoms with van der Waals surface area (Å²) in [6.45, 7) is 1.41. The molecule has 1 nitrogen and oxygen atoms in total. The summed E-state index contributed by atoms with van der Waals surface area (Å²) in [5.41, 5.74) is -0.275. The Bertz CT molecular complexity index is 339. The Morgan fingerprint density at radius 2 is 2.08 bits per heavy atom. The van der Waals surface area contributed by atoms with Crippen molar-refractivity contribution in [3.05, 3.63) is 34.4 Å². The minimum Gasteiger partial charge on any atom is -0.303 e. The first-order valence-electron chi connectivity index (χ1n) is 3.66. The molecule has 1 atom stereocenters. The van der Waals surface area contributed by atoms with Crippen LogP contribution in [0.1, 0.15) is 18.4 Å². The number of benzene rings is 1. The van der Waals surface area contributed by atoms with E-state index in [1.54, 1.807) is 0 Å². The third-order valence-corrected chi connectivity index (χ3v) is 2.03.